The lowest BCUT2D eigenvalue weighted by atomic mass is 9.82. The maximum absolute atomic E-state index is 12.4. The molecule has 0 bridgehead atoms. The average molecular weight is 310 g/mol. The minimum Gasteiger partial charge on any atom is -0.495 e. The van der Waals surface area contributed by atoms with Crippen LogP contribution in [0.4, 0.5) is 5.69 Å². The van der Waals surface area contributed by atoms with Gasteiger partial charge in [-0.1, -0.05) is 23.8 Å². The SMILES string of the molecule is COc1ccc(Cl)cc1NC(=O)[C@@H]1CC=CC[C@@H]1C(=O)O. The summed E-state index contributed by atoms with van der Waals surface area (Å²) in [5, 5.41) is 12.4. The number of carboxylic acid groups (broad SMARTS) is 1. The first-order chi connectivity index (χ1) is 10.0. The first-order valence-electron chi connectivity index (χ1n) is 6.55. The van der Waals surface area contributed by atoms with Gasteiger partial charge in [0.1, 0.15) is 5.75 Å². The number of carboxylic acids is 1. The smallest absolute Gasteiger partial charge is 0.307 e. The van der Waals surface area contributed by atoms with Crippen molar-refractivity contribution in [2.24, 2.45) is 11.8 Å². The van der Waals surface area contributed by atoms with Crippen molar-refractivity contribution in [3.05, 3.63) is 35.4 Å². The molecule has 0 fully saturated rings. The van der Waals surface area contributed by atoms with E-state index in [1.54, 1.807) is 24.3 Å². The normalized spacial score (nSPS) is 20.9. The van der Waals surface area contributed by atoms with Crippen molar-refractivity contribution in [1.29, 1.82) is 0 Å². The highest BCUT2D eigenvalue weighted by Gasteiger charge is 2.34. The fraction of sp³-hybridized carbons (Fsp3) is 0.333. The summed E-state index contributed by atoms with van der Waals surface area (Å²) in [5.74, 6) is -2.13. The van der Waals surface area contributed by atoms with Crippen LogP contribution in [0.5, 0.6) is 5.75 Å². The summed E-state index contributed by atoms with van der Waals surface area (Å²) in [4.78, 5) is 23.6. The highest BCUT2D eigenvalue weighted by atomic mass is 35.5. The maximum Gasteiger partial charge on any atom is 0.307 e. The monoisotopic (exact) mass is 309 g/mol. The first-order valence-corrected chi connectivity index (χ1v) is 6.93. The zero-order valence-corrected chi connectivity index (χ0v) is 12.3. The third-order valence-electron chi connectivity index (χ3n) is 3.51. The Morgan fingerprint density at radius 3 is 2.57 bits per heavy atom. The highest BCUT2D eigenvalue weighted by molar-refractivity contribution is 6.31. The van der Waals surface area contributed by atoms with Gasteiger partial charge in [-0.3, -0.25) is 9.59 Å². The molecule has 1 aromatic carbocycles. The molecule has 6 heteroatoms. The van der Waals surface area contributed by atoms with Gasteiger partial charge in [-0.2, -0.15) is 0 Å². The van der Waals surface area contributed by atoms with Crippen LogP contribution in [-0.2, 0) is 9.59 Å². The van der Waals surface area contributed by atoms with E-state index in [0.717, 1.165) is 0 Å². The Morgan fingerprint density at radius 1 is 1.29 bits per heavy atom. The number of carbonyl (C=O) groups excluding carboxylic acids is 1. The summed E-state index contributed by atoms with van der Waals surface area (Å²) in [6.45, 7) is 0. The summed E-state index contributed by atoms with van der Waals surface area (Å²) in [7, 11) is 1.49. The Bertz CT molecular complexity index is 585. The van der Waals surface area contributed by atoms with Crippen LogP contribution in [0, 0.1) is 11.8 Å². The first kappa shape index (κ1) is 15.4. The van der Waals surface area contributed by atoms with Gasteiger partial charge in [0, 0.05) is 5.02 Å². The number of nitrogens with one attached hydrogen (secondary N) is 1. The number of rotatable bonds is 4. The molecule has 1 aromatic rings. The molecule has 1 amide bonds. The van der Waals surface area contributed by atoms with Gasteiger partial charge >= 0.3 is 5.97 Å². The lowest BCUT2D eigenvalue weighted by molar-refractivity contribution is -0.146. The van der Waals surface area contributed by atoms with Crippen molar-refractivity contribution in [3.8, 4) is 5.75 Å². The Morgan fingerprint density at radius 2 is 1.95 bits per heavy atom. The van der Waals surface area contributed by atoms with Crippen molar-refractivity contribution in [2.75, 3.05) is 12.4 Å². The molecule has 0 saturated carbocycles. The summed E-state index contributed by atoms with van der Waals surface area (Å²) < 4.78 is 5.16. The van der Waals surface area contributed by atoms with E-state index in [2.05, 4.69) is 5.32 Å². The van der Waals surface area contributed by atoms with E-state index < -0.39 is 17.8 Å². The molecular weight excluding hydrogens is 294 g/mol. The van der Waals surface area contributed by atoms with Crippen LogP contribution < -0.4 is 10.1 Å². The number of aliphatic carboxylic acids is 1. The Kier molecular flexibility index (Phi) is 4.85. The number of anilines is 1. The molecule has 2 atom stereocenters. The van der Waals surface area contributed by atoms with E-state index in [1.165, 1.54) is 7.11 Å². The third-order valence-corrected chi connectivity index (χ3v) is 3.74. The van der Waals surface area contributed by atoms with E-state index in [1.807, 2.05) is 6.08 Å². The predicted octanol–water partition coefficient (Wildman–Crippen LogP) is 2.95. The van der Waals surface area contributed by atoms with Gasteiger partial charge in [0.2, 0.25) is 5.91 Å². The van der Waals surface area contributed by atoms with Gasteiger partial charge in [-0.25, -0.2) is 0 Å². The molecule has 112 valence electrons. The molecule has 5 nitrogen and oxygen atoms in total. The van der Waals surface area contributed by atoms with Crippen molar-refractivity contribution < 1.29 is 19.4 Å². The van der Waals surface area contributed by atoms with Crippen molar-refractivity contribution >= 4 is 29.2 Å². The van der Waals surface area contributed by atoms with Gasteiger partial charge in [-0.15, -0.1) is 0 Å². The molecule has 21 heavy (non-hydrogen) atoms. The van der Waals surface area contributed by atoms with Crippen LogP contribution in [0.3, 0.4) is 0 Å². The molecular formula is C15H16ClNO4. The van der Waals surface area contributed by atoms with Crippen molar-refractivity contribution in [2.45, 2.75) is 12.8 Å². The quantitative estimate of drug-likeness (QED) is 0.838. The number of hydrogen-bond donors (Lipinski definition) is 2. The highest BCUT2D eigenvalue weighted by Crippen LogP contribution is 2.31. The minimum absolute atomic E-state index is 0.340. The van der Waals surface area contributed by atoms with Gasteiger partial charge in [-0.05, 0) is 31.0 Å². The molecule has 0 aromatic heterocycles. The topological polar surface area (TPSA) is 75.6 Å². The molecule has 0 aliphatic heterocycles. The number of ether oxygens (including phenoxy) is 1. The number of allylic oxidation sites excluding steroid dienone is 2. The number of amides is 1. The predicted molar refractivity (Wildman–Crippen MR) is 79.6 cm³/mol. The summed E-state index contributed by atoms with van der Waals surface area (Å²) in [5.41, 5.74) is 0.439. The van der Waals surface area contributed by atoms with Crippen LogP contribution in [0.25, 0.3) is 0 Å². The van der Waals surface area contributed by atoms with Crippen LogP contribution in [0.2, 0.25) is 5.02 Å². The third kappa shape index (κ3) is 3.55. The maximum atomic E-state index is 12.4. The largest absolute Gasteiger partial charge is 0.495 e. The van der Waals surface area contributed by atoms with Gasteiger partial charge in [0.15, 0.2) is 0 Å². The molecule has 0 unspecified atom stereocenters. The number of carbonyl (C=O) groups is 2. The van der Waals surface area contributed by atoms with Gasteiger partial charge < -0.3 is 15.2 Å². The lowest BCUT2D eigenvalue weighted by Crippen LogP contribution is -2.34. The molecule has 0 saturated heterocycles. The Hall–Kier alpha value is -2.01. The number of halogens is 1. The zero-order chi connectivity index (χ0) is 15.4. The van der Waals surface area contributed by atoms with Crippen molar-refractivity contribution in [3.63, 3.8) is 0 Å². The molecule has 1 aliphatic rings. The number of hydrogen-bond acceptors (Lipinski definition) is 3. The Labute approximate surface area is 127 Å². The lowest BCUT2D eigenvalue weighted by Gasteiger charge is -2.24. The van der Waals surface area contributed by atoms with Crippen LogP contribution in [0.1, 0.15) is 12.8 Å². The standard InChI is InChI=1S/C15H16ClNO4/c1-21-13-7-6-9(16)8-12(13)17-14(18)10-4-2-3-5-11(10)15(19)20/h2-3,6-8,10-11H,4-5H2,1H3,(H,17,18)(H,19,20)/t10-,11+/m1/s1. The van der Waals surface area contributed by atoms with E-state index in [0.29, 0.717) is 29.3 Å². The van der Waals surface area contributed by atoms with Crippen LogP contribution >= 0.6 is 11.6 Å². The second-order valence-corrected chi connectivity index (χ2v) is 5.26. The second kappa shape index (κ2) is 6.63. The average Bonchev–Trinajstić information content (AvgIpc) is 2.47. The molecule has 0 radical (unpaired) electrons. The summed E-state index contributed by atoms with van der Waals surface area (Å²) in [6, 6.07) is 4.87. The minimum atomic E-state index is -0.961. The molecule has 2 N–H and O–H groups in total. The molecule has 1 aliphatic carbocycles. The van der Waals surface area contributed by atoms with Crippen molar-refractivity contribution in [1.82, 2.24) is 0 Å². The second-order valence-electron chi connectivity index (χ2n) is 4.83. The molecule has 0 heterocycles. The van der Waals surface area contributed by atoms with Gasteiger partial charge in [0.25, 0.3) is 0 Å². The summed E-state index contributed by atoms with van der Waals surface area (Å²) in [6.07, 6.45) is 4.40. The van der Waals surface area contributed by atoms with E-state index >= 15 is 0 Å². The van der Waals surface area contributed by atoms with E-state index in [9.17, 15) is 14.7 Å². The Balaban J connectivity index is 2.19. The zero-order valence-electron chi connectivity index (χ0n) is 11.5. The molecule has 0 spiro atoms. The summed E-state index contributed by atoms with van der Waals surface area (Å²) >= 11 is 5.91. The number of benzene rings is 1. The number of methoxy groups -OCH3 is 1. The molecule has 2 rings (SSSR count). The fourth-order valence-electron chi connectivity index (χ4n) is 2.38. The van der Waals surface area contributed by atoms with Gasteiger partial charge in [0.05, 0.1) is 24.6 Å². The fourth-order valence-corrected chi connectivity index (χ4v) is 2.55. The van der Waals surface area contributed by atoms with E-state index in [-0.39, 0.29) is 5.91 Å². The van der Waals surface area contributed by atoms with E-state index in [4.69, 9.17) is 16.3 Å². The van der Waals surface area contributed by atoms with Crippen LogP contribution in [-0.4, -0.2) is 24.1 Å². The van der Waals surface area contributed by atoms with Crippen LogP contribution in [0.15, 0.2) is 30.4 Å².